The lowest BCUT2D eigenvalue weighted by molar-refractivity contribution is -0.139. The third-order valence-corrected chi connectivity index (χ3v) is 2.51. The zero-order valence-electron chi connectivity index (χ0n) is 11.5. The van der Waals surface area contributed by atoms with Gasteiger partial charge in [-0.2, -0.15) is 8.78 Å². The molecule has 0 bridgehead atoms. The molecule has 0 aliphatic rings. The summed E-state index contributed by atoms with van der Waals surface area (Å²) in [4.78, 5) is 22.4. The number of ether oxygens (including phenoxy) is 2. The van der Waals surface area contributed by atoms with Gasteiger partial charge in [0, 0.05) is 6.42 Å². The number of hydrogen-bond donors (Lipinski definition) is 2. The maximum Gasteiger partial charge on any atom is 0.408 e. The van der Waals surface area contributed by atoms with E-state index in [9.17, 15) is 18.4 Å². The van der Waals surface area contributed by atoms with E-state index in [2.05, 4.69) is 21.4 Å². The van der Waals surface area contributed by atoms with Crippen LogP contribution in [-0.2, 0) is 16.0 Å². The average Bonchev–Trinajstić information content (AvgIpc) is 2.45. The fourth-order valence-corrected chi connectivity index (χ4v) is 1.56. The standard InChI is InChI=1S/C14H15F2NO5/c1-2-7-21-14(20)17-11(12(18)19)8-9-3-5-10(6-4-9)22-13(15)16/h2-6,11,13H,1,7-8H2,(H,17,20)(H,18,19). The van der Waals surface area contributed by atoms with Crippen LogP contribution >= 0.6 is 0 Å². The number of alkyl halides is 2. The van der Waals surface area contributed by atoms with Crippen molar-refractivity contribution in [2.45, 2.75) is 19.1 Å². The molecule has 0 aromatic heterocycles. The summed E-state index contributed by atoms with van der Waals surface area (Å²) in [6.07, 6.45) is 0.426. The highest BCUT2D eigenvalue weighted by Crippen LogP contribution is 2.16. The molecular weight excluding hydrogens is 300 g/mol. The van der Waals surface area contributed by atoms with E-state index in [0.29, 0.717) is 5.56 Å². The monoisotopic (exact) mass is 315 g/mol. The molecule has 1 aromatic carbocycles. The van der Waals surface area contributed by atoms with Gasteiger partial charge in [-0.3, -0.25) is 0 Å². The van der Waals surface area contributed by atoms with E-state index < -0.39 is 24.7 Å². The number of carbonyl (C=O) groups is 2. The smallest absolute Gasteiger partial charge is 0.408 e. The molecule has 0 spiro atoms. The van der Waals surface area contributed by atoms with Gasteiger partial charge in [0.05, 0.1) is 0 Å². The third kappa shape index (κ3) is 6.21. The van der Waals surface area contributed by atoms with Gasteiger partial charge in [-0.05, 0) is 17.7 Å². The highest BCUT2D eigenvalue weighted by atomic mass is 19.3. The molecular formula is C14H15F2NO5. The van der Waals surface area contributed by atoms with Crippen molar-refractivity contribution in [3.05, 3.63) is 42.5 Å². The number of alkyl carbamates (subject to hydrolysis) is 1. The van der Waals surface area contributed by atoms with Crippen molar-refractivity contribution in [3.8, 4) is 5.75 Å². The van der Waals surface area contributed by atoms with Gasteiger partial charge < -0.3 is 19.9 Å². The Labute approximate surface area is 125 Å². The van der Waals surface area contributed by atoms with E-state index in [1.165, 1.54) is 30.3 Å². The number of halogens is 2. The number of carboxylic acids is 1. The molecule has 0 saturated carbocycles. The molecule has 22 heavy (non-hydrogen) atoms. The van der Waals surface area contributed by atoms with E-state index in [4.69, 9.17) is 5.11 Å². The maximum absolute atomic E-state index is 12.0. The molecule has 0 saturated heterocycles. The summed E-state index contributed by atoms with van der Waals surface area (Å²) in [5.74, 6) is -1.28. The molecule has 2 N–H and O–H groups in total. The van der Waals surface area contributed by atoms with Crippen LogP contribution in [0.2, 0.25) is 0 Å². The number of carboxylic acid groups (broad SMARTS) is 1. The largest absolute Gasteiger partial charge is 0.480 e. The van der Waals surface area contributed by atoms with Crippen molar-refractivity contribution >= 4 is 12.1 Å². The predicted molar refractivity (Wildman–Crippen MR) is 72.9 cm³/mol. The Hall–Kier alpha value is -2.64. The van der Waals surface area contributed by atoms with Crippen LogP contribution in [0.25, 0.3) is 0 Å². The van der Waals surface area contributed by atoms with E-state index in [-0.39, 0.29) is 18.8 Å². The Kier molecular flexibility index (Phi) is 6.81. The van der Waals surface area contributed by atoms with Crippen molar-refractivity contribution in [1.29, 1.82) is 0 Å². The molecule has 0 fully saturated rings. The first-order valence-corrected chi connectivity index (χ1v) is 6.23. The molecule has 0 aliphatic carbocycles. The maximum atomic E-state index is 12.0. The fraction of sp³-hybridized carbons (Fsp3) is 0.286. The van der Waals surface area contributed by atoms with Crippen LogP contribution in [0.1, 0.15) is 5.56 Å². The first kappa shape index (κ1) is 17.4. The van der Waals surface area contributed by atoms with E-state index in [0.717, 1.165) is 0 Å². The SMILES string of the molecule is C=CCOC(=O)NC(Cc1ccc(OC(F)F)cc1)C(=O)O. The molecule has 8 heteroatoms. The van der Waals surface area contributed by atoms with Gasteiger partial charge in [-0.1, -0.05) is 24.8 Å². The second-order valence-electron chi connectivity index (χ2n) is 4.15. The summed E-state index contributed by atoms with van der Waals surface area (Å²) < 4.78 is 32.8. The minimum atomic E-state index is -2.93. The van der Waals surface area contributed by atoms with Crippen LogP contribution < -0.4 is 10.1 Å². The second kappa shape index (κ2) is 8.60. The quantitative estimate of drug-likeness (QED) is 0.718. The van der Waals surface area contributed by atoms with Crippen LogP contribution in [0, 0.1) is 0 Å². The number of rotatable bonds is 8. The van der Waals surface area contributed by atoms with Gasteiger partial charge in [0.1, 0.15) is 18.4 Å². The summed E-state index contributed by atoms with van der Waals surface area (Å²) >= 11 is 0. The first-order valence-electron chi connectivity index (χ1n) is 6.23. The van der Waals surface area contributed by atoms with Crippen molar-refractivity contribution in [1.82, 2.24) is 5.32 Å². The van der Waals surface area contributed by atoms with Gasteiger partial charge in [-0.25, -0.2) is 9.59 Å². The molecule has 1 aromatic rings. The van der Waals surface area contributed by atoms with Crippen LogP contribution in [0.4, 0.5) is 13.6 Å². The zero-order chi connectivity index (χ0) is 16.5. The minimum Gasteiger partial charge on any atom is -0.480 e. The predicted octanol–water partition coefficient (Wildman–Crippen LogP) is 2.20. The van der Waals surface area contributed by atoms with Crippen molar-refractivity contribution in [3.63, 3.8) is 0 Å². The molecule has 0 heterocycles. The summed E-state index contributed by atoms with van der Waals surface area (Å²) in [5.41, 5.74) is 0.526. The number of amides is 1. The Morgan fingerprint density at radius 3 is 2.45 bits per heavy atom. The highest BCUT2D eigenvalue weighted by molar-refractivity contribution is 5.80. The van der Waals surface area contributed by atoms with Gasteiger partial charge in [0.2, 0.25) is 0 Å². The fourth-order valence-electron chi connectivity index (χ4n) is 1.56. The van der Waals surface area contributed by atoms with E-state index in [1.54, 1.807) is 0 Å². The first-order chi connectivity index (χ1) is 10.4. The van der Waals surface area contributed by atoms with E-state index >= 15 is 0 Å². The van der Waals surface area contributed by atoms with Crippen LogP contribution in [-0.4, -0.2) is 36.4 Å². The van der Waals surface area contributed by atoms with Crippen LogP contribution in [0.5, 0.6) is 5.75 Å². The molecule has 0 aliphatic heterocycles. The number of hydrogen-bond acceptors (Lipinski definition) is 4. The summed E-state index contributed by atoms with van der Waals surface area (Å²) in [5, 5.41) is 11.3. The van der Waals surface area contributed by atoms with Gasteiger partial charge in [0.25, 0.3) is 0 Å². The molecule has 6 nitrogen and oxygen atoms in total. The summed E-state index contributed by atoms with van der Waals surface area (Å²) in [6, 6.07) is 4.24. The average molecular weight is 315 g/mol. The van der Waals surface area contributed by atoms with E-state index in [1.807, 2.05) is 0 Å². The minimum absolute atomic E-state index is 0.0342. The Morgan fingerprint density at radius 2 is 1.95 bits per heavy atom. The number of benzene rings is 1. The zero-order valence-corrected chi connectivity index (χ0v) is 11.5. The lowest BCUT2D eigenvalue weighted by atomic mass is 10.1. The topological polar surface area (TPSA) is 84.9 Å². The lowest BCUT2D eigenvalue weighted by Crippen LogP contribution is -2.42. The van der Waals surface area contributed by atoms with Crippen LogP contribution in [0.3, 0.4) is 0 Å². The Bertz CT molecular complexity index is 518. The van der Waals surface area contributed by atoms with Gasteiger partial charge in [-0.15, -0.1) is 0 Å². The number of nitrogens with one attached hydrogen (secondary N) is 1. The van der Waals surface area contributed by atoms with Crippen molar-refractivity contribution in [2.75, 3.05) is 6.61 Å². The molecule has 120 valence electrons. The number of carbonyl (C=O) groups excluding carboxylic acids is 1. The Balaban J connectivity index is 2.64. The van der Waals surface area contributed by atoms with Crippen molar-refractivity contribution in [2.24, 2.45) is 0 Å². The molecule has 1 rings (SSSR count). The highest BCUT2D eigenvalue weighted by Gasteiger charge is 2.21. The molecule has 1 atom stereocenters. The second-order valence-corrected chi connectivity index (χ2v) is 4.15. The number of aliphatic carboxylic acids is 1. The van der Waals surface area contributed by atoms with Gasteiger partial charge >= 0.3 is 18.7 Å². The Morgan fingerprint density at radius 1 is 1.32 bits per heavy atom. The molecule has 1 unspecified atom stereocenters. The third-order valence-electron chi connectivity index (χ3n) is 2.51. The summed E-state index contributed by atoms with van der Waals surface area (Å²) in [7, 11) is 0. The lowest BCUT2D eigenvalue weighted by Gasteiger charge is -2.14. The normalized spacial score (nSPS) is 11.6. The van der Waals surface area contributed by atoms with Gasteiger partial charge in [0.15, 0.2) is 0 Å². The summed E-state index contributed by atoms with van der Waals surface area (Å²) in [6.45, 7) is 0.381. The van der Waals surface area contributed by atoms with Crippen LogP contribution in [0.15, 0.2) is 36.9 Å². The molecule has 0 radical (unpaired) electrons. The van der Waals surface area contributed by atoms with Crippen molar-refractivity contribution < 1.29 is 33.0 Å². The molecule has 1 amide bonds.